The summed E-state index contributed by atoms with van der Waals surface area (Å²) in [6.07, 6.45) is 2.27. The average Bonchev–Trinajstić information content (AvgIpc) is 3.16. The Balaban J connectivity index is 2.00. The van der Waals surface area contributed by atoms with Gasteiger partial charge in [-0.05, 0) is 32.2 Å². The van der Waals surface area contributed by atoms with E-state index in [-0.39, 0.29) is 11.9 Å². The number of nitrogens with two attached hydrogens (primary N) is 1. The standard InChI is InChI=1S/C14H22N4O5/c15-12(21)9(7-11(19)20)17-13(22)10-4-2-6-18(10)14(23)8-3-1-5-16-8/h8-10,16H,1-7H2,(H2,15,21)(H,17,22)(H,19,20)/t8-,9+,10+/m1/s1. The molecule has 0 radical (unpaired) electrons. The molecule has 9 heteroatoms. The van der Waals surface area contributed by atoms with E-state index < -0.39 is 36.3 Å². The van der Waals surface area contributed by atoms with Gasteiger partial charge in [0.25, 0.3) is 0 Å². The lowest BCUT2D eigenvalue weighted by Crippen LogP contribution is -2.55. The van der Waals surface area contributed by atoms with Gasteiger partial charge >= 0.3 is 5.97 Å². The van der Waals surface area contributed by atoms with E-state index in [2.05, 4.69) is 10.6 Å². The molecular weight excluding hydrogens is 304 g/mol. The zero-order chi connectivity index (χ0) is 17.0. The molecule has 0 aliphatic carbocycles. The molecule has 0 saturated carbocycles. The Bertz CT molecular complexity index is 503. The maximum atomic E-state index is 12.5. The van der Waals surface area contributed by atoms with Crippen molar-refractivity contribution in [3.05, 3.63) is 0 Å². The molecule has 0 bridgehead atoms. The first-order valence-corrected chi connectivity index (χ1v) is 7.75. The molecule has 2 saturated heterocycles. The molecule has 9 nitrogen and oxygen atoms in total. The van der Waals surface area contributed by atoms with Gasteiger partial charge in [-0.25, -0.2) is 0 Å². The fourth-order valence-electron chi connectivity index (χ4n) is 3.06. The molecule has 3 amide bonds. The third-order valence-corrected chi connectivity index (χ3v) is 4.24. The van der Waals surface area contributed by atoms with Crippen molar-refractivity contribution in [3.8, 4) is 0 Å². The van der Waals surface area contributed by atoms with Crippen molar-refractivity contribution in [1.29, 1.82) is 0 Å². The molecule has 2 aliphatic rings. The number of rotatable bonds is 6. The van der Waals surface area contributed by atoms with Gasteiger partial charge in [-0.3, -0.25) is 19.2 Å². The number of nitrogens with zero attached hydrogens (tertiary/aromatic N) is 1. The third kappa shape index (κ3) is 4.19. The van der Waals surface area contributed by atoms with Crippen molar-refractivity contribution in [3.63, 3.8) is 0 Å². The number of hydrogen-bond donors (Lipinski definition) is 4. The van der Waals surface area contributed by atoms with E-state index in [4.69, 9.17) is 10.8 Å². The Hall–Kier alpha value is -2.16. The third-order valence-electron chi connectivity index (χ3n) is 4.24. The predicted molar refractivity (Wildman–Crippen MR) is 79.1 cm³/mol. The summed E-state index contributed by atoms with van der Waals surface area (Å²) in [5.74, 6) is -2.79. The first-order chi connectivity index (χ1) is 10.9. The number of nitrogens with one attached hydrogen (secondary N) is 2. The van der Waals surface area contributed by atoms with Gasteiger partial charge in [-0.15, -0.1) is 0 Å². The van der Waals surface area contributed by atoms with E-state index in [1.165, 1.54) is 4.90 Å². The second-order valence-electron chi connectivity index (χ2n) is 5.90. The molecule has 0 aromatic heterocycles. The van der Waals surface area contributed by atoms with Crippen LogP contribution < -0.4 is 16.4 Å². The van der Waals surface area contributed by atoms with Crippen LogP contribution in [0.1, 0.15) is 32.1 Å². The second kappa shape index (κ2) is 7.40. The summed E-state index contributed by atoms with van der Waals surface area (Å²) in [7, 11) is 0. The summed E-state index contributed by atoms with van der Waals surface area (Å²) in [6, 6.07) is -2.22. The lowest BCUT2D eigenvalue weighted by Gasteiger charge is -2.27. The number of carboxylic acids is 1. The smallest absolute Gasteiger partial charge is 0.305 e. The molecule has 128 valence electrons. The van der Waals surface area contributed by atoms with Crippen molar-refractivity contribution in [2.75, 3.05) is 13.1 Å². The summed E-state index contributed by atoms with van der Waals surface area (Å²) in [6.45, 7) is 1.26. The highest BCUT2D eigenvalue weighted by Crippen LogP contribution is 2.21. The largest absolute Gasteiger partial charge is 0.481 e. The van der Waals surface area contributed by atoms with Gasteiger partial charge in [0.15, 0.2) is 0 Å². The molecule has 2 aliphatic heterocycles. The van der Waals surface area contributed by atoms with Crippen LogP contribution in [0.3, 0.4) is 0 Å². The second-order valence-corrected chi connectivity index (χ2v) is 5.90. The normalized spacial score (nSPS) is 25.1. The number of hydrogen-bond acceptors (Lipinski definition) is 5. The molecule has 0 spiro atoms. The molecule has 2 heterocycles. The molecule has 0 unspecified atom stereocenters. The topological polar surface area (TPSA) is 142 Å². The van der Waals surface area contributed by atoms with Crippen molar-refractivity contribution >= 4 is 23.7 Å². The predicted octanol–water partition coefficient (Wildman–Crippen LogP) is -1.83. The minimum Gasteiger partial charge on any atom is -0.481 e. The quantitative estimate of drug-likeness (QED) is 0.452. The van der Waals surface area contributed by atoms with Crippen LogP contribution in [-0.4, -0.2) is 64.9 Å². The van der Waals surface area contributed by atoms with Gasteiger partial charge in [0.05, 0.1) is 12.5 Å². The highest BCUT2D eigenvalue weighted by atomic mass is 16.4. The maximum absolute atomic E-state index is 12.5. The van der Waals surface area contributed by atoms with Crippen LogP contribution in [0.5, 0.6) is 0 Å². The number of likely N-dealkylation sites (tertiary alicyclic amines) is 1. The molecule has 23 heavy (non-hydrogen) atoms. The summed E-state index contributed by atoms with van der Waals surface area (Å²) in [4.78, 5) is 48.3. The summed E-state index contributed by atoms with van der Waals surface area (Å²) < 4.78 is 0. The molecule has 2 rings (SSSR count). The van der Waals surface area contributed by atoms with Crippen LogP contribution in [0, 0.1) is 0 Å². The molecule has 5 N–H and O–H groups in total. The number of carboxylic acid groups (broad SMARTS) is 1. The Kier molecular flexibility index (Phi) is 5.54. The zero-order valence-corrected chi connectivity index (χ0v) is 12.8. The maximum Gasteiger partial charge on any atom is 0.305 e. The number of aliphatic carboxylic acids is 1. The van der Waals surface area contributed by atoms with E-state index in [1.807, 2.05) is 0 Å². The fraction of sp³-hybridized carbons (Fsp3) is 0.714. The summed E-state index contributed by atoms with van der Waals surface area (Å²) in [5.41, 5.74) is 5.12. The Morgan fingerprint density at radius 2 is 2.00 bits per heavy atom. The van der Waals surface area contributed by atoms with Crippen LogP contribution in [0.15, 0.2) is 0 Å². The van der Waals surface area contributed by atoms with Crippen molar-refractivity contribution < 1.29 is 24.3 Å². The zero-order valence-electron chi connectivity index (χ0n) is 12.8. The van der Waals surface area contributed by atoms with E-state index in [0.717, 1.165) is 19.4 Å². The van der Waals surface area contributed by atoms with Crippen LogP contribution in [-0.2, 0) is 19.2 Å². The molecule has 0 aromatic rings. The number of primary amides is 1. The van der Waals surface area contributed by atoms with E-state index in [9.17, 15) is 19.2 Å². The van der Waals surface area contributed by atoms with Gasteiger partial charge in [0.2, 0.25) is 17.7 Å². The van der Waals surface area contributed by atoms with Crippen molar-refractivity contribution in [1.82, 2.24) is 15.5 Å². The molecular formula is C14H22N4O5. The Morgan fingerprint density at radius 1 is 1.26 bits per heavy atom. The Labute approximate surface area is 133 Å². The van der Waals surface area contributed by atoms with Crippen molar-refractivity contribution in [2.24, 2.45) is 5.73 Å². The number of carbonyl (C=O) groups excluding carboxylic acids is 3. The van der Waals surface area contributed by atoms with Gasteiger partial charge in [0, 0.05) is 6.54 Å². The lowest BCUT2D eigenvalue weighted by atomic mass is 10.1. The number of carbonyl (C=O) groups is 4. The van der Waals surface area contributed by atoms with E-state index in [0.29, 0.717) is 19.4 Å². The van der Waals surface area contributed by atoms with Crippen LogP contribution in [0.4, 0.5) is 0 Å². The SMILES string of the molecule is NC(=O)[C@H](CC(=O)O)NC(=O)[C@@H]1CCCN1C(=O)[C@H]1CCCN1. The first-order valence-electron chi connectivity index (χ1n) is 7.75. The minimum absolute atomic E-state index is 0.117. The first kappa shape index (κ1) is 17.2. The summed E-state index contributed by atoms with van der Waals surface area (Å²) in [5, 5.41) is 14.2. The van der Waals surface area contributed by atoms with Crippen LogP contribution >= 0.6 is 0 Å². The average molecular weight is 326 g/mol. The number of amides is 3. The fourth-order valence-corrected chi connectivity index (χ4v) is 3.06. The molecule has 0 aromatic carbocycles. The molecule has 3 atom stereocenters. The monoisotopic (exact) mass is 326 g/mol. The van der Waals surface area contributed by atoms with Gasteiger partial charge in [-0.1, -0.05) is 0 Å². The highest BCUT2D eigenvalue weighted by Gasteiger charge is 2.38. The van der Waals surface area contributed by atoms with Gasteiger partial charge in [-0.2, -0.15) is 0 Å². The van der Waals surface area contributed by atoms with Crippen LogP contribution in [0.25, 0.3) is 0 Å². The summed E-state index contributed by atoms with van der Waals surface area (Å²) >= 11 is 0. The Morgan fingerprint density at radius 3 is 2.57 bits per heavy atom. The van der Waals surface area contributed by atoms with Crippen molar-refractivity contribution in [2.45, 2.75) is 50.2 Å². The van der Waals surface area contributed by atoms with E-state index >= 15 is 0 Å². The minimum atomic E-state index is -1.28. The van der Waals surface area contributed by atoms with Gasteiger partial charge in [0.1, 0.15) is 12.1 Å². The van der Waals surface area contributed by atoms with Gasteiger partial charge < -0.3 is 26.4 Å². The highest BCUT2D eigenvalue weighted by molar-refractivity contribution is 5.94. The van der Waals surface area contributed by atoms with E-state index in [1.54, 1.807) is 0 Å². The van der Waals surface area contributed by atoms with Crippen LogP contribution in [0.2, 0.25) is 0 Å². The lowest BCUT2D eigenvalue weighted by molar-refractivity contribution is -0.142. The molecule has 2 fully saturated rings.